The van der Waals surface area contributed by atoms with E-state index in [4.69, 9.17) is 9.97 Å². The molecule has 0 radical (unpaired) electrons. The fourth-order valence-electron chi connectivity index (χ4n) is 13.9. The lowest BCUT2D eigenvalue weighted by Gasteiger charge is -2.48. The number of nitrogens with one attached hydrogen (secondary N) is 2. The van der Waals surface area contributed by atoms with Crippen LogP contribution in [-0.2, 0) is 29.4 Å². The minimum Gasteiger partial charge on any atom is -0.366 e. The third-order valence-corrected chi connectivity index (χ3v) is 18.4. The van der Waals surface area contributed by atoms with E-state index < -0.39 is 5.41 Å². The summed E-state index contributed by atoms with van der Waals surface area (Å²) in [4.78, 5) is 93.2. The maximum absolute atomic E-state index is 15.2. The van der Waals surface area contributed by atoms with Gasteiger partial charge in [-0.05, 0) is 139 Å². The van der Waals surface area contributed by atoms with Crippen molar-refractivity contribution >= 4 is 57.9 Å². The van der Waals surface area contributed by atoms with Crippen molar-refractivity contribution in [2.45, 2.75) is 133 Å². The molecule has 1 aromatic carbocycles. The van der Waals surface area contributed by atoms with E-state index in [1.54, 1.807) is 6.20 Å². The number of hydrogen-bond acceptors (Lipinski definition) is 11. The highest BCUT2D eigenvalue weighted by Gasteiger charge is 2.62. The van der Waals surface area contributed by atoms with Gasteiger partial charge in [0.2, 0.25) is 29.5 Å². The van der Waals surface area contributed by atoms with Crippen molar-refractivity contribution in [1.82, 2.24) is 39.5 Å². The molecule has 2 N–H and O–H groups in total. The standard InChI is InChI=1S/C55H67N11O5/c1-32(2)65-31-57-44-27-43(59-50(49(44)65)58-36-8-9-36)34-6-11-42-45(24-34)66(38-25-37(26-38)61-18-4-3-5-19-61)54(71)55(42)16-22-63(23-17-55)53(70)48-40-29-64(30-41(40)48)52(69)33-14-20-62(21-15-33)46-12-7-35(28-56-46)39-10-13-47(67)60-51(39)68/h6-7,11-12,24,27-28,31-33,36-41,48H,3-5,8-10,13-23,25-26,29-30H2,1-2H3,(H,58,59)(H,60,67,68)/t37?,38?,39-,40?,41?,48?/m1/s1. The number of hydrogen-bond donors (Lipinski definition) is 2. The number of likely N-dealkylation sites (tertiary alicyclic amines) is 3. The molecule has 3 aromatic heterocycles. The van der Waals surface area contributed by atoms with E-state index in [9.17, 15) is 19.2 Å². The number of carbonyl (C=O) groups excluding carboxylic acids is 5. The molecule has 2 unspecified atom stereocenters. The number of piperidine rings is 5. The number of benzene rings is 1. The van der Waals surface area contributed by atoms with E-state index in [1.807, 2.05) is 28.3 Å². The van der Waals surface area contributed by atoms with Crippen LogP contribution in [-0.4, -0.2) is 134 Å². The van der Waals surface area contributed by atoms with Gasteiger partial charge in [0.15, 0.2) is 5.82 Å². The van der Waals surface area contributed by atoms with Crippen molar-refractivity contribution in [1.29, 1.82) is 0 Å². The van der Waals surface area contributed by atoms with Crippen molar-refractivity contribution in [3.05, 3.63) is 60.0 Å². The molecule has 16 heteroatoms. The predicted molar refractivity (Wildman–Crippen MR) is 269 cm³/mol. The molecular weight excluding hydrogens is 895 g/mol. The minimum absolute atomic E-state index is 0.0479. The first-order valence-electron chi connectivity index (χ1n) is 27.0. The van der Waals surface area contributed by atoms with Crippen LogP contribution in [0.3, 0.4) is 0 Å². The largest absolute Gasteiger partial charge is 0.366 e. The first-order valence-corrected chi connectivity index (χ1v) is 27.0. The summed E-state index contributed by atoms with van der Waals surface area (Å²) in [5.41, 5.74) is 6.07. The smallest absolute Gasteiger partial charge is 0.238 e. The Kier molecular flexibility index (Phi) is 11.0. The maximum Gasteiger partial charge on any atom is 0.238 e. The van der Waals surface area contributed by atoms with Gasteiger partial charge in [-0.1, -0.05) is 24.6 Å². The van der Waals surface area contributed by atoms with Gasteiger partial charge in [-0.2, -0.15) is 0 Å². The summed E-state index contributed by atoms with van der Waals surface area (Å²) in [6.45, 7) is 10.5. The molecule has 71 heavy (non-hydrogen) atoms. The van der Waals surface area contributed by atoms with Crippen LogP contribution in [0.15, 0.2) is 48.9 Å². The van der Waals surface area contributed by atoms with Crippen LogP contribution in [0.1, 0.15) is 120 Å². The fourth-order valence-corrected chi connectivity index (χ4v) is 13.9. The summed E-state index contributed by atoms with van der Waals surface area (Å²) < 4.78 is 2.20. The van der Waals surface area contributed by atoms with Crippen molar-refractivity contribution in [3.63, 3.8) is 0 Å². The fraction of sp³-hybridized carbons (Fsp3) is 0.600. The number of imidazole rings is 1. The third kappa shape index (κ3) is 7.79. The van der Waals surface area contributed by atoms with E-state index in [0.29, 0.717) is 63.9 Å². The number of carbonyl (C=O) groups is 5. The van der Waals surface area contributed by atoms with Crippen molar-refractivity contribution < 1.29 is 24.0 Å². The van der Waals surface area contributed by atoms with Crippen molar-refractivity contribution in [2.24, 2.45) is 23.7 Å². The van der Waals surface area contributed by atoms with E-state index in [2.05, 4.69) is 73.0 Å². The van der Waals surface area contributed by atoms with Gasteiger partial charge in [0.25, 0.3) is 0 Å². The van der Waals surface area contributed by atoms with E-state index in [0.717, 1.165) is 115 Å². The summed E-state index contributed by atoms with van der Waals surface area (Å²) in [7, 11) is 0. The first kappa shape index (κ1) is 45.0. The van der Waals surface area contributed by atoms with E-state index >= 15 is 4.79 Å². The topological polar surface area (TPSA) is 169 Å². The molecule has 16 nitrogen and oxygen atoms in total. The molecule has 13 rings (SSSR count). The second-order valence-corrected chi connectivity index (χ2v) is 22.9. The monoisotopic (exact) mass is 962 g/mol. The number of pyridine rings is 2. The summed E-state index contributed by atoms with van der Waals surface area (Å²) in [5, 5.41) is 6.13. The Labute approximate surface area is 415 Å². The van der Waals surface area contributed by atoms with Crippen LogP contribution in [0.2, 0.25) is 0 Å². The highest BCUT2D eigenvalue weighted by Crippen LogP contribution is 2.55. The van der Waals surface area contributed by atoms with Gasteiger partial charge in [0.05, 0.1) is 28.9 Å². The normalized spacial score (nSPS) is 28.6. The summed E-state index contributed by atoms with van der Waals surface area (Å²) in [6.07, 6.45) is 15.3. The number of anilines is 3. The molecular formula is C55H67N11O5. The molecule has 8 fully saturated rings. The lowest BCUT2D eigenvalue weighted by molar-refractivity contribution is -0.140. The van der Waals surface area contributed by atoms with Crippen LogP contribution >= 0.6 is 0 Å². The zero-order valence-electron chi connectivity index (χ0n) is 41.2. The Morgan fingerprint density at radius 3 is 2.25 bits per heavy atom. The molecule has 0 bridgehead atoms. The second-order valence-electron chi connectivity index (χ2n) is 22.9. The van der Waals surface area contributed by atoms with Gasteiger partial charge < -0.3 is 34.4 Å². The number of nitrogens with zero attached hydrogens (tertiary/aromatic N) is 9. The minimum atomic E-state index is -0.666. The number of imide groups is 1. The molecule has 4 aromatic rings. The molecule has 5 saturated heterocycles. The number of fused-ring (bicyclic) bond motifs is 4. The SMILES string of the molecule is CC(C)n1cnc2cc(-c3ccc4c(c3)N(C3CC(N5CCCCC5)C3)C(=O)C43CCN(C(=O)C4C5CN(C(=O)C6CCN(c7ccc([C@H]8CCC(=O)NC8=O)cn7)CC6)CC54)CC3)nc(NC3CC3)c21. The Balaban J connectivity index is 0.663. The molecule has 6 aliphatic heterocycles. The molecule has 9 heterocycles. The third-order valence-electron chi connectivity index (χ3n) is 18.4. The maximum atomic E-state index is 15.2. The summed E-state index contributed by atoms with van der Waals surface area (Å²) in [5.74, 6) is 1.78. The molecule has 3 atom stereocenters. The average molecular weight is 962 g/mol. The highest BCUT2D eigenvalue weighted by atomic mass is 16.2. The summed E-state index contributed by atoms with van der Waals surface area (Å²) in [6, 6.07) is 13.9. The predicted octanol–water partition coefficient (Wildman–Crippen LogP) is 6.01. The quantitative estimate of drug-likeness (QED) is 0.179. The molecule has 1 spiro atoms. The van der Waals surface area contributed by atoms with Crippen LogP contribution in [0.4, 0.5) is 17.3 Å². The molecule has 3 aliphatic carbocycles. The Morgan fingerprint density at radius 1 is 0.803 bits per heavy atom. The Morgan fingerprint density at radius 2 is 1.56 bits per heavy atom. The van der Waals surface area contributed by atoms with E-state index in [-0.39, 0.29) is 71.2 Å². The first-order chi connectivity index (χ1) is 34.5. The highest BCUT2D eigenvalue weighted by molar-refractivity contribution is 6.09. The van der Waals surface area contributed by atoms with Crippen molar-refractivity contribution in [2.75, 3.05) is 67.5 Å². The molecule has 372 valence electrons. The van der Waals surface area contributed by atoms with Gasteiger partial charge in [0.1, 0.15) is 11.3 Å². The van der Waals surface area contributed by atoms with Crippen molar-refractivity contribution in [3.8, 4) is 11.3 Å². The van der Waals surface area contributed by atoms with Crippen LogP contribution < -0.4 is 20.4 Å². The zero-order valence-corrected chi connectivity index (χ0v) is 41.2. The van der Waals surface area contributed by atoms with Crippen LogP contribution in [0.5, 0.6) is 0 Å². The molecule has 5 amide bonds. The van der Waals surface area contributed by atoms with Crippen LogP contribution in [0.25, 0.3) is 22.3 Å². The average Bonchev–Trinajstić information content (AvgIpc) is 4.19. The number of rotatable bonds is 10. The number of aromatic nitrogens is 4. The van der Waals surface area contributed by atoms with Gasteiger partial charge in [0, 0.05) is 99.1 Å². The lowest BCUT2D eigenvalue weighted by Crippen LogP contribution is -2.58. The van der Waals surface area contributed by atoms with Gasteiger partial charge >= 0.3 is 0 Å². The van der Waals surface area contributed by atoms with Crippen LogP contribution in [0, 0.1) is 23.7 Å². The summed E-state index contributed by atoms with van der Waals surface area (Å²) >= 11 is 0. The second kappa shape index (κ2) is 17.4. The molecule has 3 saturated carbocycles. The van der Waals surface area contributed by atoms with E-state index in [1.165, 1.54) is 19.3 Å². The van der Waals surface area contributed by atoms with Gasteiger partial charge in [-0.25, -0.2) is 15.0 Å². The Hall–Kier alpha value is -5.90. The Bertz CT molecular complexity index is 2780. The van der Waals surface area contributed by atoms with Gasteiger partial charge in [-0.15, -0.1) is 0 Å². The lowest BCUT2D eigenvalue weighted by atomic mass is 9.73. The molecule has 9 aliphatic rings. The number of amides is 5. The zero-order chi connectivity index (χ0) is 48.3. The van der Waals surface area contributed by atoms with Gasteiger partial charge in [-0.3, -0.25) is 29.3 Å².